The van der Waals surface area contributed by atoms with Gasteiger partial charge in [0.25, 0.3) is 5.91 Å². The lowest BCUT2D eigenvalue weighted by atomic mass is 9.81. The molecule has 0 spiro atoms. The number of likely N-dealkylation sites (tertiary alicyclic amines) is 1. The van der Waals surface area contributed by atoms with E-state index in [1.807, 2.05) is 0 Å². The SMILES string of the molecule is CC(C)(C)OC(=O)NCCCC[C@H](NC(=O)C(CCCCCCCCN1C(=O)C2CCCCC2C1=O)C1CCCC1)C(=O)N[C@@H](CC1CCCCC1)C(O)C(=O)NCCNS(=O)(=O)C1CCCCC1. The Kier molecular flexibility index (Phi) is 23.5. The van der Waals surface area contributed by atoms with Crippen molar-refractivity contribution in [3.8, 4) is 0 Å². The Morgan fingerprint density at radius 3 is 1.84 bits per heavy atom. The number of hydrogen-bond donors (Lipinski definition) is 6. The highest BCUT2D eigenvalue weighted by molar-refractivity contribution is 7.90. The van der Waals surface area contributed by atoms with Crippen LogP contribution in [0.25, 0.3) is 0 Å². The molecule has 0 aromatic rings. The number of alkyl carbamates (subject to hydrolysis) is 1. The molecule has 5 rings (SSSR count). The van der Waals surface area contributed by atoms with Crippen molar-refractivity contribution in [2.75, 3.05) is 26.2 Å². The number of imide groups is 1. The zero-order chi connectivity index (χ0) is 49.8. The lowest BCUT2D eigenvalue weighted by Crippen LogP contribution is -2.57. The van der Waals surface area contributed by atoms with Crippen LogP contribution in [0.2, 0.25) is 0 Å². The Bertz CT molecular complexity index is 1730. The second-order valence-electron chi connectivity index (χ2n) is 22.2. The minimum absolute atomic E-state index is 0.0121. The summed E-state index contributed by atoms with van der Waals surface area (Å²) < 4.78 is 33.7. The highest BCUT2D eigenvalue weighted by Crippen LogP contribution is 2.38. The second-order valence-corrected chi connectivity index (χ2v) is 24.2. The Hall–Kier alpha value is -3.31. The van der Waals surface area contributed by atoms with Crippen molar-refractivity contribution < 1.29 is 47.0 Å². The van der Waals surface area contributed by atoms with Gasteiger partial charge in [0.1, 0.15) is 11.6 Å². The highest BCUT2D eigenvalue weighted by Gasteiger charge is 2.47. The molecule has 6 amide bonds. The number of nitrogens with one attached hydrogen (secondary N) is 5. The van der Waals surface area contributed by atoms with Crippen molar-refractivity contribution in [2.24, 2.45) is 29.6 Å². The van der Waals surface area contributed by atoms with Crippen LogP contribution >= 0.6 is 0 Å². The smallest absolute Gasteiger partial charge is 0.407 e. The Balaban J connectivity index is 1.17. The molecular weight excluding hydrogens is 901 g/mol. The molecular formula is C52H90N6O10S. The second kappa shape index (κ2) is 28.7. The number of sulfonamides is 1. The summed E-state index contributed by atoms with van der Waals surface area (Å²) in [5, 5.41) is 22.7. The topological polar surface area (TPSA) is 229 Å². The number of nitrogens with zero attached hydrogens (tertiary/aromatic N) is 1. The molecule has 5 aliphatic rings. The van der Waals surface area contributed by atoms with Gasteiger partial charge in [-0.25, -0.2) is 17.9 Å². The van der Waals surface area contributed by atoms with Crippen molar-refractivity contribution in [3.05, 3.63) is 0 Å². The number of fused-ring (bicyclic) bond motifs is 1. The normalized spacial score (nSPS) is 22.6. The molecule has 1 saturated heterocycles. The van der Waals surface area contributed by atoms with Crippen molar-refractivity contribution >= 4 is 45.7 Å². The average Bonchev–Trinajstić information content (AvgIpc) is 3.94. The molecule has 6 atom stereocenters. The van der Waals surface area contributed by atoms with Crippen molar-refractivity contribution in [1.82, 2.24) is 30.9 Å². The summed E-state index contributed by atoms with van der Waals surface area (Å²) in [6.07, 6.45) is 22.5. The van der Waals surface area contributed by atoms with E-state index < -0.39 is 57.0 Å². The van der Waals surface area contributed by atoms with Gasteiger partial charge in [-0.05, 0) is 110 Å². The van der Waals surface area contributed by atoms with E-state index >= 15 is 0 Å². The third-order valence-corrected chi connectivity index (χ3v) is 17.6. The summed E-state index contributed by atoms with van der Waals surface area (Å²) in [5.74, 6) is -1.35. The van der Waals surface area contributed by atoms with Gasteiger partial charge in [0.05, 0.1) is 23.1 Å². The van der Waals surface area contributed by atoms with Crippen LogP contribution in [0.5, 0.6) is 0 Å². The van der Waals surface area contributed by atoms with Crippen LogP contribution in [0, 0.1) is 29.6 Å². The fourth-order valence-corrected chi connectivity index (χ4v) is 13.3. The average molecular weight is 991 g/mol. The molecule has 17 heteroatoms. The Morgan fingerprint density at radius 1 is 0.638 bits per heavy atom. The standard InChI is InChI=1S/C52H90N6O10S/c1-52(2,3)68-51(65)54-32-20-19-31-43(47(61)57-44(36-37-22-10-8-11-23-37)45(59)48(62)53-33-34-55-69(66,67)39-26-12-9-13-27-39)56-46(60)40(38-24-15-16-25-38)28-14-6-4-5-7-21-35-58-49(63)41-29-17-18-30-42(41)50(58)64/h37-45,55,59H,4-36H2,1-3H3,(H,53,62)(H,54,65)(H,56,60)(H,57,61)/t40?,41?,42?,43-,44-,45?/m0/s1. The van der Waals surface area contributed by atoms with E-state index in [-0.39, 0.29) is 66.8 Å². The number of ether oxygens (including phenoxy) is 1. The molecule has 69 heavy (non-hydrogen) atoms. The molecule has 1 heterocycles. The lowest BCUT2D eigenvalue weighted by molar-refractivity contribution is -0.140. The molecule has 16 nitrogen and oxygen atoms in total. The van der Waals surface area contributed by atoms with Gasteiger partial charge in [-0.15, -0.1) is 0 Å². The van der Waals surface area contributed by atoms with Crippen molar-refractivity contribution in [3.63, 3.8) is 0 Å². The van der Waals surface area contributed by atoms with Gasteiger partial charge in [0.2, 0.25) is 33.7 Å². The maximum atomic E-state index is 14.4. The maximum Gasteiger partial charge on any atom is 0.407 e. The van der Waals surface area contributed by atoms with E-state index in [9.17, 15) is 42.3 Å². The number of carbonyl (C=O) groups is 6. The number of aliphatic hydroxyl groups is 1. The number of amides is 6. The van der Waals surface area contributed by atoms with E-state index in [2.05, 4.69) is 26.0 Å². The van der Waals surface area contributed by atoms with E-state index in [0.717, 1.165) is 141 Å². The van der Waals surface area contributed by atoms with Gasteiger partial charge in [-0.3, -0.25) is 28.9 Å². The van der Waals surface area contributed by atoms with Gasteiger partial charge in [-0.2, -0.15) is 0 Å². The van der Waals surface area contributed by atoms with Gasteiger partial charge in [0.15, 0.2) is 6.10 Å². The van der Waals surface area contributed by atoms with Crippen LogP contribution in [0.15, 0.2) is 0 Å². The van der Waals surface area contributed by atoms with Crippen molar-refractivity contribution in [2.45, 2.75) is 236 Å². The molecule has 394 valence electrons. The van der Waals surface area contributed by atoms with Gasteiger partial charge in [0, 0.05) is 32.1 Å². The number of carbonyl (C=O) groups excluding carboxylic acids is 6. The number of unbranched alkanes of at least 4 members (excludes halogenated alkanes) is 6. The summed E-state index contributed by atoms with van der Waals surface area (Å²) >= 11 is 0. The first kappa shape index (κ1) is 56.6. The van der Waals surface area contributed by atoms with Crippen molar-refractivity contribution in [1.29, 1.82) is 0 Å². The molecule has 1 aliphatic heterocycles. The summed E-state index contributed by atoms with van der Waals surface area (Å²) in [6, 6.07) is -1.88. The first-order valence-electron chi connectivity index (χ1n) is 27.4. The monoisotopic (exact) mass is 991 g/mol. The molecule has 4 unspecified atom stereocenters. The fraction of sp³-hybridized carbons (Fsp3) is 0.885. The van der Waals surface area contributed by atoms with Crippen LogP contribution in [-0.2, 0) is 38.7 Å². The molecule has 5 fully saturated rings. The summed E-state index contributed by atoms with van der Waals surface area (Å²) in [4.78, 5) is 82.0. The predicted molar refractivity (Wildman–Crippen MR) is 266 cm³/mol. The van der Waals surface area contributed by atoms with Crippen LogP contribution < -0.4 is 26.0 Å². The Morgan fingerprint density at radius 2 is 1.20 bits per heavy atom. The zero-order valence-electron chi connectivity index (χ0n) is 42.5. The molecule has 4 saturated carbocycles. The molecule has 0 bridgehead atoms. The van der Waals surface area contributed by atoms with Gasteiger partial charge < -0.3 is 31.1 Å². The van der Waals surface area contributed by atoms with E-state index in [1.54, 1.807) is 20.8 Å². The van der Waals surface area contributed by atoms with Crippen LogP contribution in [0.3, 0.4) is 0 Å². The minimum atomic E-state index is -3.53. The number of aliphatic hydroxyl groups excluding tert-OH is 1. The quantitative estimate of drug-likeness (QED) is 0.0345. The summed E-state index contributed by atoms with van der Waals surface area (Å²) in [7, 11) is -3.53. The van der Waals surface area contributed by atoms with E-state index in [4.69, 9.17) is 4.74 Å². The minimum Gasteiger partial charge on any atom is -0.444 e. The summed E-state index contributed by atoms with van der Waals surface area (Å²) in [6.45, 7) is 6.16. The third-order valence-electron chi connectivity index (χ3n) is 15.6. The molecule has 6 N–H and O–H groups in total. The predicted octanol–water partition coefficient (Wildman–Crippen LogP) is 7.06. The van der Waals surface area contributed by atoms with Crippen LogP contribution in [0.4, 0.5) is 4.79 Å². The van der Waals surface area contributed by atoms with Crippen LogP contribution in [0.1, 0.15) is 207 Å². The van der Waals surface area contributed by atoms with E-state index in [0.29, 0.717) is 51.6 Å². The first-order chi connectivity index (χ1) is 33.0. The summed E-state index contributed by atoms with van der Waals surface area (Å²) in [5.41, 5.74) is -0.646. The molecule has 4 aliphatic carbocycles. The van der Waals surface area contributed by atoms with Crippen LogP contribution in [-0.4, -0.2) is 109 Å². The lowest BCUT2D eigenvalue weighted by Gasteiger charge is -2.31. The molecule has 0 aromatic heterocycles. The van der Waals surface area contributed by atoms with Gasteiger partial charge in [-0.1, -0.05) is 109 Å². The number of rotatable bonds is 28. The fourth-order valence-electron chi connectivity index (χ4n) is 11.8. The largest absolute Gasteiger partial charge is 0.444 e. The van der Waals surface area contributed by atoms with E-state index in [1.165, 1.54) is 4.90 Å². The van der Waals surface area contributed by atoms with Gasteiger partial charge >= 0.3 is 6.09 Å². The molecule has 0 radical (unpaired) electrons. The maximum absolute atomic E-state index is 14.4. The third kappa shape index (κ3) is 18.7. The first-order valence-corrected chi connectivity index (χ1v) is 29.0. The zero-order valence-corrected chi connectivity index (χ0v) is 43.3. The highest BCUT2D eigenvalue weighted by atomic mass is 32.2. The number of hydrogen-bond acceptors (Lipinski definition) is 10. The molecule has 0 aromatic carbocycles. The Labute approximate surface area is 413 Å².